The van der Waals surface area contributed by atoms with Crippen LogP contribution in [0.1, 0.15) is 42.2 Å². The van der Waals surface area contributed by atoms with Crippen molar-refractivity contribution in [3.05, 3.63) is 49.9 Å². The van der Waals surface area contributed by atoms with Crippen LogP contribution in [0.3, 0.4) is 0 Å². The molecule has 0 saturated carbocycles. The molecule has 0 aliphatic carbocycles. The highest BCUT2D eigenvalue weighted by Gasteiger charge is 2.16. The monoisotopic (exact) mass is 314 g/mol. The van der Waals surface area contributed by atoms with E-state index in [1.807, 2.05) is 19.1 Å². The predicted molar refractivity (Wildman–Crippen MR) is 83.3 cm³/mol. The number of halogens is 2. The minimum absolute atomic E-state index is 0.116. The minimum Gasteiger partial charge on any atom is -0.301 e. The smallest absolute Gasteiger partial charge is 0.110 e. The molecule has 1 heterocycles. The van der Waals surface area contributed by atoms with Gasteiger partial charge in [-0.1, -0.05) is 23.2 Å². The Morgan fingerprint density at radius 1 is 1.21 bits per heavy atom. The fraction of sp³-hybridized carbons (Fsp3) is 0.357. The largest absolute Gasteiger partial charge is 0.301 e. The molecule has 5 heteroatoms. The molecule has 19 heavy (non-hydrogen) atoms. The van der Waals surface area contributed by atoms with Gasteiger partial charge in [0.05, 0.1) is 6.04 Å². The first-order chi connectivity index (χ1) is 8.97. The van der Waals surface area contributed by atoms with Crippen LogP contribution in [0.2, 0.25) is 10.0 Å². The number of hydrogen-bond acceptors (Lipinski definition) is 3. The summed E-state index contributed by atoms with van der Waals surface area (Å²) in [7, 11) is 0. The molecule has 0 aliphatic rings. The number of rotatable bonds is 4. The van der Waals surface area contributed by atoms with E-state index in [1.165, 1.54) is 0 Å². The van der Waals surface area contributed by atoms with Crippen LogP contribution < -0.4 is 5.32 Å². The highest BCUT2D eigenvalue weighted by Crippen LogP contribution is 2.28. The van der Waals surface area contributed by atoms with E-state index in [-0.39, 0.29) is 12.1 Å². The lowest BCUT2D eigenvalue weighted by atomic mass is 10.1. The summed E-state index contributed by atoms with van der Waals surface area (Å²) in [4.78, 5) is 4.49. The second kappa shape index (κ2) is 6.23. The van der Waals surface area contributed by atoms with Crippen LogP contribution in [0.15, 0.2) is 23.6 Å². The summed E-state index contributed by atoms with van der Waals surface area (Å²) in [6.07, 6.45) is 0. The third kappa shape index (κ3) is 3.69. The van der Waals surface area contributed by atoms with E-state index in [2.05, 4.69) is 29.5 Å². The van der Waals surface area contributed by atoms with Crippen molar-refractivity contribution in [2.75, 3.05) is 0 Å². The Hall–Kier alpha value is -0.610. The Kier molecular flexibility index (Phi) is 4.85. The maximum Gasteiger partial charge on any atom is 0.110 e. The molecule has 0 saturated heterocycles. The van der Waals surface area contributed by atoms with Gasteiger partial charge < -0.3 is 5.32 Å². The first-order valence-electron chi connectivity index (χ1n) is 6.10. The fourth-order valence-corrected chi connectivity index (χ4v) is 3.23. The standard InChI is InChI=1S/C14H16Cl2N2S/c1-8-7-19-14(17-8)10(3)18-9(2)12-6-11(15)4-5-13(12)16/h4-7,9-10,18H,1-3H3. The van der Waals surface area contributed by atoms with Crippen molar-refractivity contribution in [1.82, 2.24) is 10.3 Å². The molecule has 0 radical (unpaired) electrons. The Labute approximate surface area is 127 Å². The van der Waals surface area contributed by atoms with Crippen molar-refractivity contribution in [1.29, 1.82) is 0 Å². The lowest BCUT2D eigenvalue weighted by Gasteiger charge is -2.20. The molecule has 0 bridgehead atoms. The first-order valence-corrected chi connectivity index (χ1v) is 7.74. The van der Waals surface area contributed by atoms with Crippen molar-refractivity contribution in [3.8, 4) is 0 Å². The van der Waals surface area contributed by atoms with Crippen LogP contribution in [-0.4, -0.2) is 4.98 Å². The quantitative estimate of drug-likeness (QED) is 0.842. The number of thiazole rings is 1. The van der Waals surface area contributed by atoms with Crippen LogP contribution in [0, 0.1) is 6.92 Å². The number of aryl methyl sites for hydroxylation is 1. The predicted octanol–water partition coefficient (Wildman–Crippen LogP) is 5.17. The maximum atomic E-state index is 6.21. The van der Waals surface area contributed by atoms with Crippen molar-refractivity contribution < 1.29 is 0 Å². The van der Waals surface area contributed by atoms with Crippen molar-refractivity contribution in [2.45, 2.75) is 32.9 Å². The Morgan fingerprint density at radius 2 is 1.95 bits per heavy atom. The second-order valence-electron chi connectivity index (χ2n) is 4.60. The van der Waals surface area contributed by atoms with E-state index in [0.717, 1.165) is 21.3 Å². The number of hydrogen-bond donors (Lipinski definition) is 1. The van der Waals surface area contributed by atoms with Gasteiger partial charge in [0, 0.05) is 27.2 Å². The van der Waals surface area contributed by atoms with Gasteiger partial charge in [0.1, 0.15) is 5.01 Å². The lowest BCUT2D eigenvalue weighted by Crippen LogP contribution is -2.22. The molecular weight excluding hydrogens is 299 g/mol. The number of nitrogens with zero attached hydrogens (tertiary/aromatic N) is 1. The van der Waals surface area contributed by atoms with Crippen LogP contribution in [0.4, 0.5) is 0 Å². The molecule has 1 aromatic carbocycles. The van der Waals surface area contributed by atoms with Gasteiger partial charge in [-0.05, 0) is 44.5 Å². The summed E-state index contributed by atoms with van der Waals surface area (Å²) < 4.78 is 0. The van der Waals surface area contributed by atoms with Gasteiger partial charge in [-0.15, -0.1) is 11.3 Å². The molecule has 0 spiro atoms. The molecule has 2 unspecified atom stereocenters. The molecule has 2 rings (SSSR count). The van der Waals surface area contributed by atoms with E-state index in [1.54, 1.807) is 17.4 Å². The van der Waals surface area contributed by atoms with E-state index in [9.17, 15) is 0 Å². The molecular formula is C14H16Cl2N2S. The normalized spacial score (nSPS) is 14.4. The Bertz CT molecular complexity index is 568. The third-order valence-electron chi connectivity index (χ3n) is 2.93. The highest BCUT2D eigenvalue weighted by atomic mass is 35.5. The first kappa shape index (κ1) is 14.8. The van der Waals surface area contributed by atoms with E-state index in [0.29, 0.717) is 5.02 Å². The summed E-state index contributed by atoms with van der Waals surface area (Å²) >= 11 is 13.9. The topological polar surface area (TPSA) is 24.9 Å². The molecule has 2 atom stereocenters. The second-order valence-corrected chi connectivity index (χ2v) is 6.34. The van der Waals surface area contributed by atoms with Gasteiger partial charge >= 0.3 is 0 Å². The van der Waals surface area contributed by atoms with E-state index >= 15 is 0 Å². The Morgan fingerprint density at radius 3 is 2.58 bits per heavy atom. The number of aromatic nitrogens is 1. The van der Waals surface area contributed by atoms with E-state index in [4.69, 9.17) is 23.2 Å². The molecule has 0 aliphatic heterocycles. The SMILES string of the molecule is Cc1csc(C(C)NC(C)c2cc(Cl)ccc2Cl)n1. The van der Waals surface area contributed by atoms with Gasteiger partial charge in [-0.2, -0.15) is 0 Å². The van der Waals surface area contributed by atoms with Gasteiger partial charge in [0.15, 0.2) is 0 Å². The maximum absolute atomic E-state index is 6.21. The van der Waals surface area contributed by atoms with E-state index < -0.39 is 0 Å². The number of nitrogens with one attached hydrogen (secondary N) is 1. The molecule has 0 amide bonds. The van der Waals surface area contributed by atoms with Crippen molar-refractivity contribution >= 4 is 34.5 Å². The average molecular weight is 315 g/mol. The van der Waals surface area contributed by atoms with Crippen LogP contribution in [0.5, 0.6) is 0 Å². The lowest BCUT2D eigenvalue weighted by molar-refractivity contribution is 0.493. The fourth-order valence-electron chi connectivity index (χ4n) is 1.95. The molecule has 1 N–H and O–H groups in total. The van der Waals surface area contributed by atoms with Crippen molar-refractivity contribution in [2.24, 2.45) is 0 Å². The summed E-state index contributed by atoms with van der Waals surface area (Å²) in [5, 5.41) is 8.07. The zero-order chi connectivity index (χ0) is 14.0. The van der Waals surface area contributed by atoms with Gasteiger partial charge in [-0.25, -0.2) is 4.98 Å². The Balaban J connectivity index is 2.12. The summed E-state index contributed by atoms with van der Waals surface area (Å²) in [6, 6.07) is 5.83. The highest BCUT2D eigenvalue weighted by molar-refractivity contribution is 7.09. The summed E-state index contributed by atoms with van der Waals surface area (Å²) in [5.74, 6) is 0. The summed E-state index contributed by atoms with van der Waals surface area (Å²) in [5.41, 5.74) is 2.07. The average Bonchev–Trinajstić information content (AvgIpc) is 2.79. The molecule has 0 fully saturated rings. The zero-order valence-electron chi connectivity index (χ0n) is 11.1. The zero-order valence-corrected chi connectivity index (χ0v) is 13.4. The van der Waals surface area contributed by atoms with Gasteiger partial charge in [-0.3, -0.25) is 0 Å². The molecule has 102 valence electrons. The number of benzene rings is 1. The van der Waals surface area contributed by atoms with Crippen LogP contribution in [0.25, 0.3) is 0 Å². The molecule has 2 aromatic rings. The van der Waals surface area contributed by atoms with Crippen LogP contribution >= 0.6 is 34.5 Å². The molecule has 1 aromatic heterocycles. The third-order valence-corrected chi connectivity index (χ3v) is 4.66. The van der Waals surface area contributed by atoms with Crippen molar-refractivity contribution in [3.63, 3.8) is 0 Å². The molecule has 2 nitrogen and oxygen atoms in total. The minimum atomic E-state index is 0.116. The summed E-state index contributed by atoms with van der Waals surface area (Å²) in [6.45, 7) is 6.19. The van der Waals surface area contributed by atoms with Gasteiger partial charge in [0.2, 0.25) is 0 Å². The van der Waals surface area contributed by atoms with Crippen LogP contribution in [-0.2, 0) is 0 Å². The van der Waals surface area contributed by atoms with Gasteiger partial charge in [0.25, 0.3) is 0 Å².